The van der Waals surface area contributed by atoms with Crippen molar-refractivity contribution in [2.75, 3.05) is 6.61 Å². The Morgan fingerprint density at radius 1 is 1.57 bits per heavy atom. The number of hydrazine groups is 1. The van der Waals surface area contributed by atoms with E-state index in [4.69, 9.17) is 31.5 Å². The van der Waals surface area contributed by atoms with Gasteiger partial charge in [-0.2, -0.15) is 0 Å². The number of aliphatic hydroxyl groups excluding tert-OH is 2. The first-order valence-corrected chi connectivity index (χ1v) is 4.15. The Hall–Kier alpha value is -0.320. The van der Waals surface area contributed by atoms with E-state index in [2.05, 4.69) is 0 Å². The average molecular weight is 209 g/mol. The van der Waals surface area contributed by atoms with Crippen LogP contribution in [0.3, 0.4) is 0 Å². The van der Waals surface area contributed by atoms with Crippen LogP contribution in [0.2, 0.25) is 0 Å². The van der Waals surface area contributed by atoms with Gasteiger partial charge in [-0.15, -0.1) is 0 Å². The van der Waals surface area contributed by atoms with Gasteiger partial charge in [0.2, 0.25) is 0 Å². The van der Waals surface area contributed by atoms with E-state index in [-0.39, 0.29) is 18.4 Å². The van der Waals surface area contributed by atoms with E-state index in [9.17, 15) is 5.11 Å². The van der Waals surface area contributed by atoms with Crippen LogP contribution < -0.4 is 11.6 Å². The number of hydrogen-bond donors (Lipinski definition) is 5. The Labute approximate surface area is 80.5 Å². The zero-order valence-electron chi connectivity index (χ0n) is 7.48. The van der Waals surface area contributed by atoms with E-state index < -0.39 is 24.5 Å². The van der Waals surface area contributed by atoms with Gasteiger partial charge < -0.3 is 20.7 Å². The Kier molecular flexibility index (Phi) is 4.16. The lowest BCUT2D eigenvalue weighted by atomic mass is 10.0. The van der Waals surface area contributed by atoms with Crippen molar-refractivity contribution in [3.8, 4) is 0 Å². The summed E-state index contributed by atoms with van der Waals surface area (Å²) in [4.78, 5) is 4.70. The second kappa shape index (κ2) is 4.96. The minimum atomic E-state index is -1.14. The molecule has 0 aliphatic carbocycles. The van der Waals surface area contributed by atoms with Gasteiger partial charge in [-0.05, 0) is 6.42 Å². The lowest BCUT2D eigenvalue weighted by Gasteiger charge is -2.36. The molecule has 4 unspecified atom stereocenters. The maximum Gasteiger partial charge on any atom is 0.170 e. The molecule has 0 amide bonds. The Bertz CT molecular complexity index is 181. The fraction of sp³-hybridized carbons (Fsp3) is 1.00. The summed E-state index contributed by atoms with van der Waals surface area (Å²) in [6.45, 7) is -0.359. The third-order valence-corrected chi connectivity index (χ3v) is 2.02. The van der Waals surface area contributed by atoms with Crippen molar-refractivity contribution in [1.82, 2.24) is 5.34 Å². The number of rotatable bonds is 3. The van der Waals surface area contributed by atoms with Crippen molar-refractivity contribution in [2.24, 2.45) is 11.6 Å². The van der Waals surface area contributed by atoms with E-state index in [0.29, 0.717) is 0 Å². The number of nitrogens with two attached hydrogens (primary N) is 2. The molecule has 0 saturated carbocycles. The summed E-state index contributed by atoms with van der Waals surface area (Å²) in [7, 11) is 0. The molecule has 8 heteroatoms. The second-order valence-corrected chi connectivity index (χ2v) is 3.09. The Morgan fingerprint density at radius 3 is 2.71 bits per heavy atom. The van der Waals surface area contributed by atoms with Crippen LogP contribution in [0.5, 0.6) is 0 Å². The van der Waals surface area contributed by atoms with Crippen molar-refractivity contribution in [3.63, 3.8) is 0 Å². The molecule has 8 nitrogen and oxygen atoms in total. The fourth-order valence-electron chi connectivity index (χ4n) is 1.31. The Balaban J connectivity index is 2.53. The van der Waals surface area contributed by atoms with Gasteiger partial charge in [-0.3, -0.25) is 10.0 Å². The highest BCUT2D eigenvalue weighted by atomic mass is 16.9. The minimum Gasteiger partial charge on any atom is -0.394 e. The van der Waals surface area contributed by atoms with Crippen LogP contribution >= 0.6 is 0 Å². The van der Waals surface area contributed by atoms with Gasteiger partial charge >= 0.3 is 0 Å². The predicted molar refractivity (Wildman–Crippen MR) is 43.2 cm³/mol. The van der Waals surface area contributed by atoms with E-state index in [0.717, 1.165) is 0 Å². The second-order valence-electron chi connectivity index (χ2n) is 3.09. The van der Waals surface area contributed by atoms with Gasteiger partial charge in [0.15, 0.2) is 6.29 Å². The first kappa shape index (κ1) is 11.8. The lowest BCUT2D eigenvalue weighted by molar-refractivity contribution is -0.389. The van der Waals surface area contributed by atoms with Gasteiger partial charge in [-0.1, -0.05) is 0 Å². The van der Waals surface area contributed by atoms with Crippen LogP contribution in [0.1, 0.15) is 6.42 Å². The molecule has 0 aromatic rings. The summed E-state index contributed by atoms with van der Waals surface area (Å²) in [6, 6.07) is -0.636. The summed E-state index contributed by atoms with van der Waals surface area (Å²) in [5.74, 6) is 4.85. The molecular weight excluding hydrogens is 194 g/mol. The van der Waals surface area contributed by atoms with Crippen molar-refractivity contribution in [1.29, 1.82) is 0 Å². The van der Waals surface area contributed by atoms with Crippen LogP contribution in [-0.4, -0.2) is 51.9 Å². The predicted octanol–water partition coefficient (Wildman–Crippen LogP) is -2.72. The molecule has 1 aliphatic heterocycles. The van der Waals surface area contributed by atoms with Gasteiger partial charge in [0.05, 0.1) is 12.6 Å². The van der Waals surface area contributed by atoms with Crippen LogP contribution in [0.15, 0.2) is 0 Å². The van der Waals surface area contributed by atoms with Crippen LogP contribution in [0.4, 0.5) is 0 Å². The molecule has 0 aromatic carbocycles. The normalized spacial score (nSPS) is 39.0. The number of ether oxygens (including phenoxy) is 1. The van der Waals surface area contributed by atoms with Crippen LogP contribution in [0.25, 0.3) is 0 Å². The molecule has 1 rings (SSSR count). The molecule has 0 bridgehead atoms. The maximum absolute atomic E-state index is 9.21. The molecule has 0 spiro atoms. The van der Waals surface area contributed by atoms with Crippen molar-refractivity contribution in [3.05, 3.63) is 0 Å². The molecule has 4 atom stereocenters. The van der Waals surface area contributed by atoms with E-state index in [1.807, 2.05) is 0 Å². The fourth-order valence-corrected chi connectivity index (χ4v) is 1.31. The van der Waals surface area contributed by atoms with E-state index in [1.165, 1.54) is 0 Å². The summed E-state index contributed by atoms with van der Waals surface area (Å²) in [5, 5.41) is 26.7. The summed E-state index contributed by atoms with van der Waals surface area (Å²) >= 11 is 0. The zero-order chi connectivity index (χ0) is 10.7. The lowest BCUT2D eigenvalue weighted by Crippen LogP contribution is -2.54. The monoisotopic (exact) mass is 209 g/mol. The third kappa shape index (κ3) is 2.83. The molecule has 7 N–H and O–H groups in total. The van der Waals surface area contributed by atoms with Crippen molar-refractivity contribution in [2.45, 2.75) is 31.0 Å². The third-order valence-electron chi connectivity index (χ3n) is 2.02. The van der Waals surface area contributed by atoms with Crippen molar-refractivity contribution >= 4 is 0 Å². The van der Waals surface area contributed by atoms with Crippen LogP contribution in [-0.2, 0) is 9.57 Å². The summed E-state index contributed by atoms with van der Waals surface area (Å²) in [6.07, 6.45) is -2.37. The molecule has 1 fully saturated rings. The highest BCUT2D eigenvalue weighted by Crippen LogP contribution is 2.20. The van der Waals surface area contributed by atoms with Crippen LogP contribution in [0, 0.1) is 0 Å². The standard InChI is InChI=1S/C6H15N3O5/c7-3-1-4(14-9(8)12)5(2-10)13-6(3)11/h3-6,10-12H,1-2,7-8H2. The summed E-state index contributed by atoms with van der Waals surface area (Å²) < 4.78 is 4.92. The van der Waals surface area contributed by atoms with Gasteiger partial charge in [0, 0.05) is 5.34 Å². The molecule has 1 saturated heterocycles. The molecule has 1 aliphatic rings. The zero-order valence-corrected chi connectivity index (χ0v) is 7.48. The Morgan fingerprint density at radius 2 is 2.21 bits per heavy atom. The largest absolute Gasteiger partial charge is 0.394 e. The quantitative estimate of drug-likeness (QED) is 0.250. The maximum atomic E-state index is 9.21. The molecule has 0 radical (unpaired) electrons. The van der Waals surface area contributed by atoms with Gasteiger partial charge in [0.1, 0.15) is 12.2 Å². The first-order valence-electron chi connectivity index (χ1n) is 4.15. The minimum absolute atomic E-state index is 0.0289. The van der Waals surface area contributed by atoms with Gasteiger partial charge in [0.25, 0.3) is 0 Å². The molecular formula is C6H15N3O5. The number of nitrogens with zero attached hydrogens (tertiary/aromatic N) is 1. The molecule has 14 heavy (non-hydrogen) atoms. The van der Waals surface area contributed by atoms with Crippen molar-refractivity contribution < 1.29 is 25.0 Å². The van der Waals surface area contributed by atoms with Gasteiger partial charge in [-0.25, -0.2) is 5.84 Å². The molecule has 1 heterocycles. The average Bonchev–Trinajstić information content (AvgIpc) is 2.10. The van der Waals surface area contributed by atoms with E-state index in [1.54, 1.807) is 0 Å². The van der Waals surface area contributed by atoms with E-state index >= 15 is 0 Å². The first-order chi connectivity index (χ1) is 6.54. The summed E-state index contributed by atoms with van der Waals surface area (Å²) in [5.41, 5.74) is 5.48. The number of hydrogen-bond acceptors (Lipinski definition) is 8. The highest BCUT2D eigenvalue weighted by molar-refractivity contribution is 4.83. The highest BCUT2D eigenvalue weighted by Gasteiger charge is 2.36. The smallest absolute Gasteiger partial charge is 0.170 e. The number of aliphatic hydroxyl groups is 2. The SMILES string of the molecule is NC1CC(ON(N)O)C(CO)OC1O. The topological polar surface area (TPSA) is 134 Å². The molecule has 84 valence electrons. The molecule has 0 aromatic heterocycles.